The molecule has 0 bridgehead atoms. The molecule has 1 saturated heterocycles. The first-order chi connectivity index (χ1) is 16.6. The second kappa shape index (κ2) is 11.3. The van der Waals surface area contributed by atoms with Crippen LogP contribution in [-0.2, 0) is 16.9 Å². The van der Waals surface area contributed by atoms with Crippen LogP contribution in [0.4, 0.5) is 0 Å². The molecule has 3 aromatic rings. The van der Waals surface area contributed by atoms with E-state index in [2.05, 4.69) is 10.6 Å². The van der Waals surface area contributed by atoms with Gasteiger partial charge in [0.15, 0.2) is 5.11 Å². The number of carbonyl (C=O) groups excluding carboxylic acids is 1. The first-order valence-corrected chi connectivity index (χ1v) is 12.1. The maximum atomic E-state index is 12.8. The molecule has 1 aliphatic heterocycles. The molecule has 0 unspecified atom stereocenters. The number of rotatable bonds is 7. The fraction of sp³-hybridized carbons (Fsp3) is 0.286. The summed E-state index contributed by atoms with van der Waals surface area (Å²) in [6.07, 6.45) is 1.45. The molecule has 0 spiro atoms. The molecule has 0 saturated carbocycles. The van der Waals surface area contributed by atoms with E-state index in [1.807, 2.05) is 95.9 Å². The summed E-state index contributed by atoms with van der Waals surface area (Å²) in [5.74, 6) is 0.0354. The molecular weight excluding hydrogens is 442 g/mol. The number of thiocarbonyl (C=S) groups is 1. The number of amides is 1. The van der Waals surface area contributed by atoms with Gasteiger partial charge in [-0.15, -0.1) is 0 Å². The van der Waals surface area contributed by atoms with Gasteiger partial charge in [-0.1, -0.05) is 91.0 Å². The van der Waals surface area contributed by atoms with Gasteiger partial charge in [0.1, 0.15) is 5.60 Å². The third-order valence-electron chi connectivity index (χ3n) is 6.56. The molecule has 4 rings (SSSR count). The molecule has 0 atom stereocenters. The molecule has 1 heterocycles. The number of carbonyl (C=O) groups is 1. The molecule has 6 heteroatoms. The van der Waals surface area contributed by atoms with Crippen molar-refractivity contribution in [2.75, 3.05) is 19.6 Å². The minimum Gasteiger partial charge on any atom is -0.380 e. The van der Waals surface area contributed by atoms with Gasteiger partial charge < -0.3 is 20.6 Å². The predicted molar refractivity (Wildman–Crippen MR) is 139 cm³/mol. The van der Waals surface area contributed by atoms with Crippen LogP contribution < -0.4 is 10.6 Å². The zero-order valence-corrected chi connectivity index (χ0v) is 20.0. The molecule has 3 N–H and O–H groups in total. The van der Waals surface area contributed by atoms with E-state index in [0.717, 1.165) is 29.5 Å². The smallest absolute Gasteiger partial charge is 0.241 e. The van der Waals surface area contributed by atoms with Crippen LogP contribution in [0.3, 0.4) is 0 Å². The first-order valence-electron chi connectivity index (χ1n) is 11.7. The minimum atomic E-state index is -1.08. The van der Waals surface area contributed by atoms with Gasteiger partial charge in [0.2, 0.25) is 5.91 Å². The number of hydrogen-bond acceptors (Lipinski definition) is 3. The zero-order chi connectivity index (χ0) is 23.8. The number of likely N-dealkylation sites (tertiary alicyclic amines) is 1. The third-order valence-corrected chi connectivity index (χ3v) is 6.85. The number of nitrogens with zero attached hydrogens (tertiary/aromatic N) is 1. The molecule has 1 amide bonds. The predicted octanol–water partition coefficient (Wildman–Crippen LogP) is 3.83. The largest absolute Gasteiger partial charge is 0.380 e. The van der Waals surface area contributed by atoms with E-state index in [1.165, 1.54) is 0 Å². The lowest BCUT2D eigenvalue weighted by atomic mass is 9.72. The summed E-state index contributed by atoms with van der Waals surface area (Å²) >= 11 is 5.32. The van der Waals surface area contributed by atoms with Gasteiger partial charge in [0, 0.05) is 19.6 Å². The highest BCUT2D eigenvalue weighted by Gasteiger charge is 2.41. The Kier molecular flexibility index (Phi) is 7.93. The SMILES string of the molecule is O=C(CNC(=S)NCc1ccccc1)N1CCC(C(O)(c2ccccc2)c2ccccc2)CC1. The van der Waals surface area contributed by atoms with E-state index in [4.69, 9.17) is 12.2 Å². The number of aliphatic hydroxyl groups is 1. The van der Waals surface area contributed by atoms with Crippen molar-refractivity contribution in [3.8, 4) is 0 Å². The number of hydrogen-bond donors (Lipinski definition) is 3. The Morgan fingerprint density at radius 3 is 1.88 bits per heavy atom. The van der Waals surface area contributed by atoms with Crippen LogP contribution in [0.2, 0.25) is 0 Å². The summed E-state index contributed by atoms with van der Waals surface area (Å²) in [6.45, 7) is 1.99. The molecule has 1 aliphatic rings. The van der Waals surface area contributed by atoms with E-state index in [9.17, 15) is 9.90 Å². The Labute approximate surface area is 206 Å². The fourth-order valence-corrected chi connectivity index (χ4v) is 4.82. The lowest BCUT2D eigenvalue weighted by Gasteiger charge is -2.42. The Hall–Kier alpha value is -3.22. The normalized spacial score (nSPS) is 14.4. The van der Waals surface area contributed by atoms with E-state index in [0.29, 0.717) is 24.7 Å². The van der Waals surface area contributed by atoms with Crippen molar-refractivity contribution in [1.29, 1.82) is 0 Å². The fourth-order valence-electron chi connectivity index (χ4n) is 4.68. The van der Waals surface area contributed by atoms with Crippen LogP contribution in [0, 0.1) is 5.92 Å². The van der Waals surface area contributed by atoms with Crippen LogP contribution in [0.1, 0.15) is 29.5 Å². The lowest BCUT2D eigenvalue weighted by Crippen LogP contribution is -2.49. The van der Waals surface area contributed by atoms with Gasteiger partial charge in [0.25, 0.3) is 0 Å². The molecule has 176 valence electrons. The highest BCUT2D eigenvalue weighted by molar-refractivity contribution is 7.80. The van der Waals surface area contributed by atoms with Crippen molar-refractivity contribution >= 4 is 23.2 Å². The van der Waals surface area contributed by atoms with E-state index in [1.54, 1.807) is 0 Å². The van der Waals surface area contributed by atoms with Crippen LogP contribution >= 0.6 is 12.2 Å². The summed E-state index contributed by atoms with van der Waals surface area (Å²) in [4.78, 5) is 14.6. The Morgan fingerprint density at radius 1 is 0.853 bits per heavy atom. The van der Waals surface area contributed by atoms with Gasteiger partial charge in [0.05, 0.1) is 6.54 Å². The van der Waals surface area contributed by atoms with Crippen molar-refractivity contribution in [2.24, 2.45) is 5.92 Å². The second-order valence-corrected chi connectivity index (χ2v) is 9.08. The van der Waals surface area contributed by atoms with Crippen molar-refractivity contribution in [1.82, 2.24) is 15.5 Å². The summed E-state index contributed by atoms with van der Waals surface area (Å²) in [5.41, 5.74) is 1.83. The first kappa shape index (κ1) is 23.9. The van der Waals surface area contributed by atoms with Crippen LogP contribution in [-0.4, -0.2) is 40.7 Å². The highest BCUT2D eigenvalue weighted by Crippen LogP contribution is 2.41. The van der Waals surface area contributed by atoms with Crippen molar-refractivity contribution < 1.29 is 9.90 Å². The molecule has 0 aromatic heterocycles. The van der Waals surface area contributed by atoms with E-state index < -0.39 is 5.60 Å². The summed E-state index contributed by atoms with van der Waals surface area (Å²) in [7, 11) is 0. The molecule has 34 heavy (non-hydrogen) atoms. The van der Waals surface area contributed by atoms with Gasteiger partial charge in [-0.25, -0.2) is 0 Å². The summed E-state index contributed by atoms with van der Waals surface area (Å²) in [6, 6.07) is 29.7. The molecule has 0 radical (unpaired) electrons. The van der Waals surface area contributed by atoms with Crippen molar-refractivity contribution in [3.05, 3.63) is 108 Å². The lowest BCUT2D eigenvalue weighted by molar-refractivity contribution is -0.132. The number of benzene rings is 3. The summed E-state index contributed by atoms with van der Waals surface area (Å²) < 4.78 is 0. The Morgan fingerprint density at radius 2 is 1.35 bits per heavy atom. The molecule has 5 nitrogen and oxygen atoms in total. The topological polar surface area (TPSA) is 64.6 Å². The average Bonchev–Trinajstić information content (AvgIpc) is 2.91. The van der Waals surface area contributed by atoms with Gasteiger partial charge in [-0.3, -0.25) is 4.79 Å². The average molecular weight is 474 g/mol. The van der Waals surface area contributed by atoms with Crippen LogP contribution in [0.5, 0.6) is 0 Å². The molecule has 0 aliphatic carbocycles. The van der Waals surface area contributed by atoms with E-state index in [-0.39, 0.29) is 18.4 Å². The molecular formula is C28H31N3O2S. The van der Waals surface area contributed by atoms with Gasteiger partial charge in [-0.2, -0.15) is 0 Å². The highest BCUT2D eigenvalue weighted by atomic mass is 32.1. The Balaban J connectivity index is 1.32. The molecule has 3 aromatic carbocycles. The maximum absolute atomic E-state index is 12.8. The van der Waals surface area contributed by atoms with Gasteiger partial charge in [-0.05, 0) is 47.7 Å². The molecule has 1 fully saturated rings. The van der Waals surface area contributed by atoms with Crippen molar-refractivity contribution in [3.63, 3.8) is 0 Å². The van der Waals surface area contributed by atoms with E-state index >= 15 is 0 Å². The number of piperidine rings is 1. The minimum absolute atomic E-state index is 0.0166. The monoisotopic (exact) mass is 473 g/mol. The zero-order valence-electron chi connectivity index (χ0n) is 19.2. The van der Waals surface area contributed by atoms with Crippen LogP contribution in [0.15, 0.2) is 91.0 Å². The number of nitrogens with one attached hydrogen (secondary N) is 2. The third kappa shape index (κ3) is 5.64. The van der Waals surface area contributed by atoms with Gasteiger partial charge >= 0.3 is 0 Å². The quantitative estimate of drug-likeness (QED) is 0.455. The maximum Gasteiger partial charge on any atom is 0.241 e. The standard InChI is InChI=1S/C28H31N3O2S/c32-26(21-30-27(34)29-20-22-10-4-1-5-11-22)31-18-16-25(17-19-31)28(33,23-12-6-2-7-13-23)24-14-8-3-9-15-24/h1-15,25,33H,16-21H2,(H2,29,30,34). The van der Waals surface area contributed by atoms with Crippen molar-refractivity contribution in [2.45, 2.75) is 25.0 Å². The second-order valence-electron chi connectivity index (χ2n) is 8.68. The van der Waals surface area contributed by atoms with Crippen LogP contribution in [0.25, 0.3) is 0 Å². The Bertz CT molecular complexity index is 1030. The summed E-state index contributed by atoms with van der Waals surface area (Å²) in [5, 5.41) is 18.6.